The van der Waals surface area contributed by atoms with Crippen LogP contribution in [0.3, 0.4) is 0 Å². The van der Waals surface area contributed by atoms with Gasteiger partial charge in [0.05, 0.1) is 6.10 Å². The first-order chi connectivity index (χ1) is 12.1. The lowest BCUT2D eigenvalue weighted by atomic mass is 9.93. The molecule has 0 radical (unpaired) electrons. The maximum Gasteiger partial charge on any atom is 0.161 e. The van der Waals surface area contributed by atoms with Crippen molar-refractivity contribution in [1.82, 2.24) is 9.97 Å². The van der Waals surface area contributed by atoms with Crippen LogP contribution in [-0.4, -0.2) is 27.2 Å². The van der Waals surface area contributed by atoms with E-state index in [-0.39, 0.29) is 6.10 Å². The number of aliphatic hydroxyl groups excluding tert-OH is 1. The molecule has 2 aromatic rings. The van der Waals surface area contributed by atoms with Crippen LogP contribution >= 0.6 is 23.2 Å². The van der Waals surface area contributed by atoms with Gasteiger partial charge in [0.25, 0.3) is 0 Å². The summed E-state index contributed by atoms with van der Waals surface area (Å²) in [6.07, 6.45) is 6.60. The molecule has 0 spiro atoms. The molecule has 0 unspecified atom stereocenters. The molecule has 0 amide bonds. The van der Waals surface area contributed by atoms with Crippen LogP contribution in [0, 0.1) is 0 Å². The number of benzene rings is 1. The Morgan fingerprint density at radius 3 is 2.40 bits per heavy atom. The minimum absolute atomic E-state index is 0.154. The number of aryl methyl sites for hydroxylation is 1. The Kier molecular flexibility index (Phi) is 4.85. The molecule has 2 aliphatic rings. The number of rotatable bonds is 3. The topological polar surface area (TPSA) is 58.0 Å². The van der Waals surface area contributed by atoms with Gasteiger partial charge in [-0.1, -0.05) is 23.2 Å². The molecule has 25 heavy (non-hydrogen) atoms. The van der Waals surface area contributed by atoms with Crippen LogP contribution in [0.4, 0.5) is 5.82 Å². The van der Waals surface area contributed by atoms with Gasteiger partial charge in [0.15, 0.2) is 5.82 Å². The van der Waals surface area contributed by atoms with Gasteiger partial charge in [-0.05, 0) is 63.1 Å². The molecular weight excluding hydrogens is 357 g/mol. The van der Waals surface area contributed by atoms with E-state index in [0.29, 0.717) is 21.9 Å². The first-order valence-corrected chi connectivity index (χ1v) is 9.65. The third kappa shape index (κ3) is 3.76. The van der Waals surface area contributed by atoms with Crippen LogP contribution in [0.25, 0.3) is 11.4 Å². The third-order valence-corrected chi connectivity index (χ3v) is 5.53. The summed E-state index contributed by atoms with van der Waals surface area (Å²) in [4.78, 5) is 9.57. The summed E-state index contributed by atoms with van der Waals surface area (Å²) in [5.74, 6) is 1.61. The van der Waals surface area contributed by atoms with Gasteiger partial charge in [0, 0.05) is 32.9 Å². The molecule has 1 saturated carbocycles. The second-order valence-electron chi connectivity index (χ2n) is 6.98. The molecule has 2 aliphatic carbocycles. The van der Waals surface area contributed by atoms with Gasteiger partial charge in [-0.25, -0.2) is 9.97 Å². The second-order valence-corrected chi connectivity index (χ2v) is 7.86. The molecule has 0 saturated heterocycles. The monoisotopic (exact) mass is 377 g/mol. The number of aliphatic hydroxyl groups is 1. The van der Waals surface area contributed by atoms with E-state index < -0.39 is 0 Å². The van der Waals surface area contributed by atoms with Gasteiger partial charge in [-0.3, -0.25) is 0 Å². The van der Waals surface area contributed by atoms with Crippen LogP contribution in [0.15, 0.2) is 18.2 Å². The molecular formula is C19H21Cl2N3O. The summed E-state index contributed by atoms with van der Waals surface area (Å²) in [6, 6.07) is 5.78. The highest BCUT2D eigenvalue weighted by Gasteiger charge is 2.24. The van der Waals surface area contributed by atoms with E-state index in [1.165, 1.54) is 5.56 Å². The predicted molar refractivity (Wildman–Crippen MR) is 101 cm³/mol. The van der Waals surface area contributed by atoms with E-state index >= 15 is 0 Å². The largest absolute Gasteiger partial charge is 0.393 e. The zero-order chi connectivity index (χ0) is 17.4. The van der Waals surface area contributed by atoms with Crippen LogP contribution in [-0.2, 0) is 12.8 Å². The Labute approximate surface area is 157 Å². The fourth-order valence-corrected chi connectivity index (χ4v) is 4.30. The number of aromatic nitrogens is 2. The predicted octanol–water partition coefficient (Wildman–Crippen LogP) is 4.65. The highest BCUT2D eigenvalue weighted by molar-refractivity contribution is 6.35. The number of fused-ring (bicyclic) bond motifs is 1. The van der Waals surface area contributed by atoms with E-state index in [1.807, 2.05) is 12.1 Å². The lowest BCUT2D eigenvalue weighted by Gasteiger charge is -2.27. The SMILES string of the molecule is O[C@H]1CC[C@H](Nc2nc(-c3cc(Cl)cc(Cl)c3)nc3c2CCC3)CC1. The van der Waals surface area contributed by atoms with Gasteiger partial charge in [-0.15, -0.1) is 0 Å². The number of nitrogens with zero attached hydrogens (tertiary/aromatic N) is 2. The summed E-state index contributed by atoms with van der Waals surface area (Å²) in [6.45, 7) is 0. The van der Waals surface area contributed by atoms with Crippen molar-refractivity contribution in [2.24, 2.45) is 0 Å². The average Bonchev–Trinajstić information content (AvgIpc) is 3.05. The van der Waals surface area contributed by atoms with E-state index in [1.54, 1.807) is 6.07 Å². The molecule has 2 N–H and O–H groups in total. The molecule has 132 valence electrons. The Hall–Kier alpha value is -1.36. The molecule has 0 bridgehead atoms. The Morgan fingerprint density at radius 2 is 1.68 bits per heavy atom. The average molecular weight is 378 g/mol. The van der Waals surface area contributed by atoms with Gasteiger partial charge >= 0.3 is 0 Å². The molecule has 0 atom stereocenters. The maximum atomic E-state index is 9.71. The first-order valence-electron chi connectivity index (χ1n) is 8.89. The van der Waals surface area contributed by atoms with Crippen LogP contribution < -0.4 is 5.32 Å². The van der Waals surface area contributed by atoms with Crippen LogP contribution in [0.2, 0.25) is 10.0 Å². The van der Waals surface area contributed by atoms with Gasteiger partial charge in [0.1, 0.15) is 5.82 Å². The summed E-state index contributed by atoms with van der Waals surface area (Å²) >= 11 is 12.3. The smallest absolute Gasteiger partial charge is 0.161 e. The Bertz CT molecular complexity index is 768. The van der Waals surface area contributed by atoms with Crippen molar-refractivity contribution in [3.63, 3.8) is 0 Å². The van der Waals surface area contributed by atoms with E-state index in [2.05, 4.69) is 5.32 Å². The molecule has 1 heterocycles. The number of hydrogen-bond acceptors (Lipinski definition) is 4. The number of anilines is 1. The Morgan fingerprint density at radius 1 is 0.960 bits per heavy atom. The van der Waals surface area contributed by atoms with Crippen molar-refractivity contribution in [2.45, 2.75) is 57.1 Å². The highest BCUT2D eigenvalue weighted by Crippen LogP contribution is 2.33. The fraction of sp³-hybridized carbons (Fsp3) is 0.474. The summed E-state index contributed by atoms with van der Waals surface area (Å²) in [5.41, 5.74) is 3.21. The van der Waals surface area contributed by atoms with Crippen molar-refractivity contribution in [2.75, 3.05) is 5.32 Å². The van der Waals surface area contributed by atoms with Gasteiger partial charge in [-0.2, -0.15) is 0 Å². The first kappa shape index (κ1) is 17.1. The molecule has 4 nitrogen and oxygen atoms in total. The van der Waals surface area contributed by atoms with E-state index in [9.17, 15) is 5.11 Å². The van der Waals surface area contributed by atoms with Crippen molar-refractivity contribution in [3.8, 4) is 11.4 Å². The molecule has 4 rings (SSSR count). The Balaban J connectivity index is 1.68. The van der Waals surface area contributed by atoms with Crippen molar-refractivity contribution in [1.29, 1.82) is 0 Å². The second kappa shape index (κ2) is 7.10. The number of nitrogens with one attached hydrogen (secondary N) is 1. The van der Waals surface area contributed by atoms with Crippen LogP contribution in [0.5, 0.6) is 0 Å². The molecule has 1 aromatic heterocycles. The lowest BCUT2D eigenvalue weighted by molar-refractivity contribution is 0.126. The van der Waals surface area contributed by atoms with Gasteiger partial charge in [0.2, 0.25) is 0 Å². The van der Waals surface area contributed by atoms with Gasteiger partial charge < -0.3 is 10.4 Å². The molecule has 6 heteroatoms. The summed E-state index contributed by atoms with van der Waals surface area (Å²) in [5, 5.41) is 14.5. The zero-order valence-corrected chi connectivity index (χ0v) is 15.4. The highest BCUT2D eigenvalue weighted by atomic mass is 35.5. The minimum atomic E-state index is -0.154. The molecule has 0 aliphatic heterocycles. The van der Waals surface area contributed by atoms with Crippen molar-refractivity contribution >= 4 is 29.0 Å². The number of hydrogen-bond donors (Lipinski definition) is 2. The van der Waals surface area contributed by atoms with Crippen molar-refractivity contribution < 1.29 is 5.11 Å². The third-order valence-electron chi connectivity index (χ3n) is 5.09. The zero-order valence-electron chi connectivity index (χ0n) is 13.9. The fourth-order valence-electron chi connectivity index (χ4n) is 3.78. The van der Waals surface area contributed by atoms with Crippen molar-refractivity contribution in [3.05, 3.63) is 39.5 Å². The summed E-state index contributed by atoms with van der Waals surface area (Å²) < 4.78 is 0. The molecule has 1 aromatic carbocycles. The lowest BCUT2D eigenvalue weighted by Crippen LogP contribution is -2.29. The maximum absolute atomic E-state index is 9.71. The van der Waals surface area contributed by atoms with E-state index in [0.717, 1.165) is 62.0 Å². The summed E-state index contributed by atoms with van der Waals surface area (Å²) in [7, 11) is 0. The minimum Gasteiger partial charge on any atom is -0.393 e. The standard InChI is InChI=1S/C19H21Cl2N3O/c20-12-8-11(9-13(21)10-12)18-23-17-3-1-2-16(17)19(24-18)22-14-4-6-15(25)7-5-14/h8-10,14-15,25H,1-7H2,(H,22,23,24)/t14-,15-. The number of halogens is 2. The van der Waals surface area contributed by atoms with Crippen LogP contribution in [0.1, 0.15) is 43.4 Å². The quantitative estimate of drug-likeness (QED) is 0.816. The normalized spacial score (nSPS) is 22.7. The van der Waals surface area contributed by atoms with E-state index in [4.69, 9.17) is 33.2 Å². The molecule has 1 fully saturated rings.